The Morgan fingerprint density at radius 1 is 1.35 bits per heavy atom. The van der Waals surface area contributed by atoms with Gasteiger partial charge in [-0.05, 0) is 48.0 Å². The zero-order chi connectivity index (χ0) is 14.7. The van der Waals surface area contributed by atoms with E-state index in [0.29, 0.717) is 11.6 Å². The summed E-state index contributed by atoms with van der Waals surface area (Å²) < 4.78 is 6.38. The highest BCUT2D eigenvalue weighted by Gasteiger charge is 2.10. The normalized spacial score (nSPS) is 10.4. The Morgan fingerprint density at radius 3 is 2.80 bits per heavy atom. The van der Waals surface area contributed by atoms with E-state index < -0.39 is 0 Å². The van der Waals surface area contributed by atoms with E-state index in [4.69, 9.17) is 16.3 Å². The molecule has 106 valence electrons. The van der Waals surface area contributed by atoms with Gasteiger partial charge in [-0.2, -0.15) is 0 Å². The zero-order valence-corrected chi connectivity index (χ0v) is 14.0. The lowest BCUT2D eigenvalue weighted by Crippen LogP contribution is -2.06. The van der Waals surface area contributed by atoms with Crippen molar-refractivity contribution >= 4 is 33.2 Å². The molecule has 0 atom stereocenters. The number of ether oxygens (including phenoxy) is 1. The number of anilines is 1. The molecule has 0 saturated heterocycles. The number of aromatic nitrogens is 1. The van der Waals surface area contributed by atoms with Crippen LogP contribution in [0.25, 0.3) is 0 Å². The highest BCUT2D eigenvalue weighted by atomic mass is 79.9. The zero-order valence-electron chi connectivity index (χ0n) is 11.6. The number of methoxy groups -OCH3 is 1. The average molecular weight is 356 g/mol. The Labute approximate surface area is 132 Å². The summed E-state index contributed by atoms with van der Waals surface area (Å²) in [6, 6.07) is 5.64. The molecule has 0 aliphatic rings. The Hall–Kier alpha value is -1.26. The molecule has 0 spiro atoms. The lowest BCUT2D eigenvalue weighted by molar-refractivity contribution is 0.407. The monoisotopic (exact) mass is 354 g/mol. The highest BCUT2D eigenvalue weighted by molar-refractivity contribution is 9.10. The van der Waals surface area contributed by atoms with Gasteiger partial charge in [-0.15, -0.1) is 0 Å². The topological polar surface area (TPSA) is 34.1 Å². The molecular formula is C15H16BrClN2O. The van der Waals surface area contributed by atoms with Crippen LogP contribution in [0.4, 0.5) is 5.69 Å². The van der Waals surface area contributed by atoms with E-state index in [1.54, 1.807) is 7.11 Å². The van der Waals surface area contributed by atoms with Crippen LogP contribution in [0.2, 0.25) is 5.02 Å². The molecule has 3 nitrogen and oxygen atoms in total. The van der Waals surface area contributed by atoms with E-state index in [9.17, 15) is 0 Å². The number of pyridine rings is 1. The van der Waals surface area contributed by atoms with Gasteiger partial charge >= 0.3 is 0 Å². The standard InChI is InChI=1S/C15H16BrClN2O/c1-9-7-18-14(10(2)15(9)20-3)8-19-13-6-11(17)4-5-12(13)16/h4-7,19H,8H2,1-3H3. The molecule has 0 aliphatic heterocycles. The second-order valence-corrected chi connectivity index (χ2v) is 5.81. The van der Waals surface area contributed by atoms with Crippen molar-refractivity contribution in [1.29, 1.82) is 0 Å². The van der Waals surface area contributed by atoms with Crippen molar-refractivity contribution in [3.05, 3.63) is 50.7 Å². The van der Waals surface area contributed by atoms with E-state index in [1.807, 2.05) is 38.2 Å². The maximum Gasteiger partial charge on any atom is 0.128 e. The minimum absolute atomic E-state index is 0.613. The molecule has 0 aliphatic carbocycles. The molecule has 20 heavy (non-hydrogen) atoms. The summed E-state index contributed by atoms with van der Waals surface area (Å²) in [7, 11) is 1.68. The largest absolute Gasteiger partial charge is 0.496 e. The summed E-state index contributed by atoms with van der Waals surface area (Å²) >= 11 is 9.50. The lowest BCUT2D eigenvalue weighted by Gasteiger charge is -2.14. The summed E-state index contributed by atoms with van der Waals surface area (Å²) in [5.74, 6) is 0.891. The first-order chi connectivity index (χ1) is 9.52. The molecule has 0 bridgehead atoms. The Morgan fingerprint density at radius 2 is 2.10 bits per heavy atom. The molecular weight excluding hydrogens is 340 g/mol. The first kappa shape index (κ1) is 15.1. The van der Waals surface area contributed by atoms with Crippen molar-refractivity contribution in [3.8, 4) is 5.75 Å². The van der Waals surface area contributed by atoms with Crippen LogP contribution >= 0.6 is 27.5 Å². The maximum atomic E-state index is 6.00. The summed E-state index contributed by atoms with van der Waals surface area (Å²) in [6.45, 7) is 4.62. The summed E-state index contributed by atoms with van der Waals surface area (Å²) in [5, 5.41) is 4.03. The molecule has 1 aromatic carbocycles. The van der Waals surface area contributed by atoms with Crippen LogP contribution in [0, 0.1) is 13.8 Å². The number of hydrogen-bond acceptors (Lipinski definition) is 3. The van der Waals surface area contributed by atoms with Gasteiger partial charge in [0.2, 0.25) is 0 Å². The van der Waals surface area contributed by atoms with E-state index >= 15 is 0 Å². The molecule has 0 unspecified atom stereocenters. The fourth-order valence-electron chi connectivity index (χ4n) is 2.06. The summed E-state index contributed by atoms with van der Waals surface area (Å²) in [4.78, 5) is 4.46. The van der Waals surface area contributed by atoms with Crippen molar-refractivity contribution in [3.63, 3.8) is 0 Å². The number of rotatable bonds is 4. The summed E-state index contributed by atoms with van der Waals surface area (Å²) in [5.41, 5.74) is 3.99. The molecule has 0 fully saturated rings. The van der Waals surface area contributed by atoms with Crippen LogP contribution in [-0.2, 0) is 6.54 Å². The van der Waals surface area contributed by atoms with Gasteiger partial charge in [-0.3, -0.25) is 4.98 Å². The molecule has 2 rings (SSSR count). The van der Waals surface area contributed by atoms with Crippen molar-refractivity contribution in [2.75, 3.05) is 12.4 Å². The van der Waals surface area contributed by atoms with Gasteiger partial charge in [-0.25, -0.2) is 0 Å². The van der Waals surface area contributed by atoms with Crippen LogP contribution in [-0.4, -0.2) is 12.1 Å². The van der Waals surface area contributed by atoms with Crippen molar-refractivity contribution in [2.24, 2.45) is 0 Å². The SMILES string of the molecule is COc1c(C)cnc(CNc2cc(Cl)ccc2Br)c1C. The minimum Gasteiger partial charge on any atom is -0.496 e. The third-order valence-electron chi connectivity index (χ3n) is 3.12. The second-order valence-electron chi connectivity index (χ2n) is 4.52. The third kappa shape index (κ3) is 3.25. The molecule has 5 heteroatoms. The van der Waals surface area contributed by atoms with Gasteiger partial charge in [0.1, 0.15) is 5.75 Å². The predicted octanol–water partition coefficient (Wildman–Crippen LogP) is 4.74. The minimum atomic E-state index is 0.613. The van der Waals surface area contributed by atoms with Crippen molar-refractivity contribution in [1.82, 2.24) is 4.98 Å². The fraction of sp³-hybridized carbons (Fsp3) is 0.267. The molecule has 1 aromatic heterocycles. The van der Waals surface area contributed by atoms with Gasteiger partial charge in [-0.1, -0.05) is 11.6 Å². The van der Waals surface area contributed by atoms with Crippen LogP contribution in [0.15, 0.2) is 28.9 Å². The van der Waals surface area contributed by atoms with Crippen LogP contribution in [0.5, 0.6) is 5.75 Å². The Balaban J connectivity index is 2.21. The van der Waals surface area contributed by atoms with E-state index in [2.05, 4.69) is 26.2 Å². The van der Waals surface area contributed by atoms with Crippen LogP contribution in [0.3, 0.4) is 0 Å². The molecule has 0 amide bonds. The first-order valence-electron chi connectivity index (χ1n) is 6.21. The second kappa shape index (κ2) is 6.46. The number of hydrogen-bond donors (Lipinski definition) is 1. The number of halogens is 2. The van der Waals surface area contributed by atoms with Crippen LogP contribution in [0.1, 0.15) is 16.8 Å². The Bertz CT molecular complexity index is 632. The van der Waals surface area contributed by atoms with E-state index in [0.717, 1.165) is 32.7 Å². The molecule has 0 saturated carbocycles. The number of benzene rings is 1. The van der Waals surface area contributed by atoms with E-state index in [1.165, 1.54) is 0 Å². The Kier molecular flexibility index (Phi) is 4.89. The molecule has 2 aromatic rings. The third-order valence-corrected chi connectivity index (χ3v) is 4.05. The van der Waals surface area contributed by atoms with Gasteiger partial charge < -0.3 is 10.1 Å². The number of aryl methyl sites for hydroxylation is 1. The number of nitrogens with one attached hydrogen (secondary N) is 1. The predicted molar refractivity (Wildman–Crippen MR) is 86.7 cm³/mol. The van der Waals surface area contributed by atoms with Crippen LogP contribution < -0.4 is 10.1 Å². The molecule has 0 radical (unpaired) electrons. The van der Waals surface area contributed by atoms with Crippen molar-refractivity contribution in [2.45, 2.75) is 20.4 Å². The maximum absolute atomic E-state index is 6.00. The lowest BCUT2D eigenvalue weighted by atomic mass is 10.1. The first-order valence-corrected chi connectivity index (χ1v) is 7.38. The average Bonchev–Trinajstić information content (AvgIpc) is 2.42. The molecule has 1 N–H and O–H groups in total. The smallest absolute Gasteiger partial charge is 0.128 e. The van der Waals surface area contributed by atoms with Gasteiger partial charge in [0.25, 0.3) is 0 Å². The van der Waals surface area contributed by atoms with Gasteiger partial charge in [0, 0.05) is 26.8 Å². The van der Waals surface area contributed by atoms with Gasteiger partial charge in [0.05, 0.1) is 25.0 Å². The quantitative estimate of drug-likeness (QED) is 0.860. The van der Waals surface area contributed by atoms with E-state index in [-0.39, 0.29) is 0 Å². The molecule has 1 heterocycles. The van der Waals surface area contributed by atoms with Gasteiger partial charge in [0.15, 0.2) is 0 Å². The fourth-order valence-corrected chi connectivity index (χ4v) is 2.62. The van der Waals surface area contributed by atoms with Crippen molar-refractivity contribution < 1.29 is 4.74 Å². The highest BCUT2D eigenvalue weighted by Crippen LogP contribution is 2.28. The summed E-state index contributed by atoms with van der Waals surface area (Å²) in [6.07, 6.45) is 1.83. The number of nitrogens with zero attached hydrogens (tertiary/aromatic N) is 1.